The van der Waals surface area contributed by atoms with Gasteiger partial charge in [-0.25, -0.2) is 13.5 Å². The van der Waals surface area contributed by atoms with Crippen LogP contribution in [-0.2, 0) is 17.8 Å². The molecule has 0 spiro atoms. The SMILES string of the molecule is O=C1Cc2ccc(Cn3nc(-c4cc(F)cc(F)c4)ccc3=O)cc2N1. The Labute approximate surface area is 146 Å². The zero-order valence-corrected chi connectivity index (χ0v) is 13.5. The van der Waals surface area contributed by atoms with Gasteiger partial charge < -0.3 is 5.32 Å². The highest BCUT2D eigenvalue weighted by Crippen LogP contribution is 2.24. The lowest BCUT2D eigenvalue weighted by molar-refractivity contribution is -0.115. The number of anilines is 1. The molecule has 0 atom stereocenters. The largest absolute Gasteiger partial charge is 0.326 e. The smallest absolute Gasteiger partial charge is 0.267 e. The van der Waals surface area contributed by atoms with Gasteiger partial charge >= 0.3 is 0 Å². The third-order valence-corrected chi connectivity index (χ3v) is 4.16. The maximum absolute atomic E-state index is 13.4. The van der Waals surface area contributed by atoms with Crippen LogP contribution in [0, 0.1) is 11.6 Å². The summed E-state index contributed by atoms with van der Waals surface area (Å²) < 4.78 is 28.1. The molecule has 5 nitrogen and oxygen atoms in total. The molecule has 1 N–H and O–H groups in total. The van der Waals surface area contributed by atoms with Crippen molar-refractivity contribution >= 4 is 11.6 Å². The Bertz CT molecular complexity index is 1070. The van der Waals surface area contributed by atoms with Crippen LogP contribution < -0.4 is 10.9 Å². The fourth-order valence-electron chi connectivity index (χ4n) is 2.95. The first-order valence-electron chi connectivity index (χ1n) is 7.94. The van der Waals surface area contributed by atoms with Crippen molar-refractivity contribution < 1.29 is 13.6 Å². The highest BCUT2D eigenvalue weighted by atomic mass is 19.1. The Hall–Kier alpha value is -3.35. The normalized spacial score (nSPS) is 12.8. The molecule has 0 unspecified atom stereocenters. The first-order chi connectivity index (χ1) is 12.5. The number of hydrogen-bond acceptors (Lipinski definition) is 3. The molecule has 26 heavy (non-hydrogen) atoms. The third kappa shape index (κ3) is 3.11. The minimum Gasteiger partial charge on any atom is -0.326 e. The predicted molar refractivity (Wildman–Crippen MR) is 91.7 cm³/mol. The maximum atomic E-state index is 13.4. The lowest BCUT2D eigenvalue weighted by Crippen LogP contribution is -2.22. The topological polar surface area (TPSA) is 64.0 Å². The van der Waals surface area contributed by atoms with E-state index in [0.717, 1.165) is 35.0 Å². The molecule has 0 bridgehead atoms. The molecule has 1 amide bonds. The Morgan fingerprint density at radius 2 is 1.77 bits per heavy atom. The van der Waals surface area contributed by atoms with Gasteiger partial charge in [0.25, 0.3) is 5.56 Å². The van der Waals surface area contributed by atoms with E-state index in [4.69, 9.17) is 0 Å². The van der Waals surface area contributed by atoms with E-state index in [2.05, 4.69) is 10.4 Å². The van der Waals surface area contributed by atoms with Crippen molar-refractivity contribution in [3.8, 4) is 11.3 Å². The van der Waals surface area contributed by atoms with Crippen LogP contribution in [0.3, 0.4) is 0 Å². The van der Waals surface area contributed by atoms with Crippen LogP contribution in [0.1, 0.15) is 11.1 Å². The van der Waals surface area contributed by atoms with E-state index >= 15 is 0 Å². The van der Waals surface area contributed by atoms with E-state index < -0.39 is 11.6 Å². The molecule has 3 aromatic rings. The number of halogens is 2. The number of nitrogens with one attached hydrogen (secondary N) is 1. The number of carbonyl (C=O) groups is 1. The van der Waals surface area contributed by atoms with E-state index in [-0.39, 0.29) is 29.3 Å². The van der Waals surface area contributed by atoms with Crippen molar-refractivity contribution in [2.45, 2.75) is 13.0 Å². The first kappa shape index (κ1) is 16.1. The van der Waals surface area contributed by atoms with Crippen molar-refractivity contribution in [3.05, 3.63) is 81.6 Å². The second-order valence-electron chi connectivity index (χ2n) is 6.09. The van der Waals surface area contributed by atoms with Gasteiger partial charge in [0.2, 0.25) is 5.91 Å². The Kier molecular flexibility index (Phi) is 3.84. The monoisotopic (exact) mass is 353 g/mol. The minimum atomic E-state index is -0.714. The standard InChI is InChI=1S/C19H13F2N3O2/c20-14-6-13(7-15(21)9-14)16-3-4-19(26)24(23-16)10-11-1-2-12-8-18(25)22-17(12)5-11/h1-7,9H,8,10H2,(H,22,25). The molecule has 7 heteroatoms. The summed E-state index contributed by atoms with van der Waals surface area (Å²) in [6.07, 6.45) is 0.342. The number of hydrogen-bond donors (Lipinski definition) is 1. The van der Waals surface area contributed by atoms with Crippen molar-refractivity contribution in [2.75, 3.05) is 5.32 Å². The summed E-state index contributed by atoms with van der Waals surface area (Å²) in [6.45, 7) is 0.174. The van der Waals surface area contributed by atoms with Crippen LogP contribution >= 0.6 is 0 Å². The summed E-state index contributed by atoms with van der Waals surface area (Å²) in [6, 6.07) is 11.3. The molecular weight excluding hydrogens is 340 g/mol. The molecule has 0 saturated heterocycles. The number of benzene rings is 2. The summed E-state index contributed by atoms with van der Waals surface area (Å²) in [5.74, 6) is -1.50. The number of carbonyl (C=O) groups excluding carboxylic acids is 1. The third-order valence-electron chi connectivity index (χ3n) is 4.16. The lowest BCUT2D eigenvalue weighted by atomic mass is 10.1. The zero-order chi connectivity index (χ0) is 18.3. The van der Waals surface area contributed by atoms with Crippen molar-refractivity contribution in [1.82, 2.24) is 9.78 Å². The summed E-state index contributed by atoms with van der Waals surface area (Å²) in [5.41, 5.74) is 2.61. The number of nitrogens with zero attached hydrogens (tertiary/aromatic N) is 2. The number of fused-ring (bicyclic) bond motifs is 1. The summed E-state index contributed by atoms with van der Waals surface area (Å²) in [7, 11) is 0. The highest BCUT2D eigenvalue weighted by Gasteiger charge is 2.17. The van der Waals surface area contributed by atoms with E-state index in [1.165, 1.54) is 16.8 Å². The molecule has 2 aromatic carbocycles. The van der Waals surface area contributed by atoms with Gasteiger partial charge in [-0.2, -0.15) is 5.10 Å². The van der Waals surface area contributed by atoms with Crippen molar-refractivity contribution in [1.29, 1.82) is 0 Å². The molecule has 1 aliphatic heterocycles. The summed E-state index contributed by atoms with van der Waals surface area (Å²) in [4.78, 5) is 23.5. The van der Waals surface area contributed by atoms with E-state index in [0.29, 0.717) is 6.42 Å². The quantitative estimate of drug-likeness (QED) is 0.787. The highest BCUT2D eigenvalue weighted by molar-refractivity contribution is 5.99. The van der Waals surface area contributed by atoms with E-state index in [9.17, 15) is 18.4 Å². The molecule has 0 fully saturated rings. The van der Waals surface area contributed by atoms with Gasteiger partial charge in [0.1, 0.15) is 11.6 Å². The molecule has 0 radical (unpaired) electrons. The Balaban J connectivity index is 1.68. The van der Waals surface area contributed by atoms with Gasteiger partial charge in [-0.3, -0.25) is 9.59 Å². The van der Waals surface area contributed by atoms with Gasteiger partial charge in [-0.1, -0.05) is 12.1 Å². The van der Waals surface area contributed by atoms with Crippen LogP contribution in [0.25, 0.3) is 11.3 Å². The molecular formula is C19H13F2N3O2. The van der Waals surface area contributed by atoms with Gasteiger partial charge in [-0.05, 0) is 35.4 Å². The number of rotatable bonds is 3. The fraction of sp³-hybridized carbons (Fsp3) is 0.105. The molecule has 0 aliphatic carbocycles. The van der Waals surface area contributed by atoms with Crippen LogP contribution in [-0.4, -0.2) is 15.7 Å². The van der Waals surface area contributed by atoms with Gasteiger partial charge in [-0.15, -0.1) is 0 Å². The van der Waals surface area contributed by atoms with E-state index in [1.54, 1.807) is 6.07 Å². The first-order valence-corrected chi connectivity index (χ1v) is 7.94. The van der Waals surface area contributed by atoms with Gasteiger partial charge in [0.05, 0.1) is 18.7 Å². The van der Waals surface area contributed by atoms with E-state index in [1.807, 2.05) is 12.1 Å². The minimum absolute atomic E-state index is 0.0671. The molecule has 4 rings (SSSR count). The van der Waals surface area contributed by atoms with Gasteiger partial charge in [0, 0.05) is 23.4 Å². The average Bonchev–Trinajstić information content (AvgIpc) is 2.95. The average molecular weight is 353 g/mol. The summed E-state index contributed by atoms with van der Waals surface area (Å²) in [5, 5.41) is 6.97. The molecule has 0 saturated carbocycles. The Morgan fingerprint density at radius 1 is 1.00 bits per heavy atom. The van der Waals surface area contributed by atoms with Crippen LogP contribution in [0.2, 0.25) is 0 Å². The van der Waals surface area contributed by atoms with Crippen LogP contribution in [0.4, 0.5) is 14.5 Å². The van der Waals surface area contributed by atoms with Gasteiger partial charge in [0.15, 0.2) is 0 Å². The summed E-state index contributed by atoms with van der Waals surface area (Å²) >= 11 is 0. The van der Waals surface area contributed by atoms with Crippen molar-refractivity contribution in [3.63, 3.8) is 0 Å². The predicted octanol–water partition coefficient (Wildman–Crippen LogP) is 2.73. The molecule has 1 aromatic heterocycles. The fourth-order valence-corrected chi connectivity index (χ4v) is 2.95. The van der Waals surface area contributed by atoms with Crippen LogP contribution in [0.15, 0.2) is 53.3 Å². The molecule has 1 aliphatic rings. The second kappa shape index (κ2) is 6.18. The second-order valence-corrected chi connectivity index (χ2v) is 6.09. The number of aromatic nitrogens is 2. The lowest BCUT2D eigenvalue weighted by Gasteiger charge is -2.09. The zero-order valence-electron chi connectivity index (χ0n) is 13.5. The molecule has 130 valence electrons. The van der Waals surface area contributed by atoms with Crippen LogP contribution in [0.5, 0.6) is 0 Å². The number of amides is 1. The Morgan fingerprint density at radius 3 is 2.54 bits per heavy atom. The molecule has 2 heterocycles. The maximum Gasteiger partial charge on any atom is 0.267 e. The van der Waals surface area contributed by atoms with Crippen molar-refractivity contribution in [2.24, 2.45) is 0 Å².